The van der Waals surface area contributed by atoms with Gasteiger partial charge in [-0.1, -0.05) is 19.1 Å². The first-order valence-electron chi connectivity index (χ1n) is 8.36. The van der Waals surface area contributed by atoms with Gasteiger partial charge in [-0.15, -0.1) is 6.58 Å². The fourth-order valence-electron chi connectivity index (χ4n) is 2.13. The Kier molecular flexibility index (Phi) is 10.9. The lowest BCUT2D eigenvalue weighted by atomic mass is 10.2. The zero-order chi connectivity index (χ0) is 23.5. The van der Waals surface area contributed by atoms with Crippen molar-refractivity contribution < 1.29 is 46.1 Å². The minimum Gasteiger partial charge on any atom is -0.475 e. The van der Waals surface area contributed by atoms with E-state index >= 15 is 0 Å². The molecule has 13 heteroatoms. The van der Waals surface area contributed by atoms with Crippen molar-refractivity contribution in [3.05, 3.63) is 36.5 Å². The number of nitrogens with zero attached hydrogens (tertiary/aromatic N) is 3. The summed E-state index contributed by atoms with van der Waals surface area (Å²) in [6.07, 6.45) is -6.35. The van der Waals surface area contributed by atoms with E-state index in [4.69, 9.17) is 19.8 Å². The van der Waals surface area contributed by atoms with Gasteiger partial charge in [0.15, 0.2) is 0 Å². The summed E-state index contributed by atoms with van der Waals surface area (Å²) in [6.45, 7) is 11.1. The Morgan fingerprint density at radius 2 is 1.63 bits per heavy atom. The molecule has 2 heterocycles. The topological polar surface area (TPSA) is 94.0 Å². The van der Waals surface area contributed by atoms with Crippen LogP contribution in [0.5, 0.6) is 0 Å². The summed E-state index contributed by atoms with van der Waals surface area (Å²) >= 11 is 0. The Morgan fingerprint density at radius 1 is 1.13 bits per heavy atom. The van der Waals surface area contributed by atoms with E-state index in [1.54, 1.807) is 0 Å². The molecule has 2 rings (SSSR count). The number of pyridine rings is 1. The van der Waals surface area contributed by atoms with Crippen molar-refractivity contribution >= 4 is 17.8 Å². The number of rotatable bonds is 3. The molecule has 0 fully saturated rings. The van der Waals surface area contributed by atoms with E-state index in [2.05, 4.69) is 34.4 Å². The van der Waals surface area contributed by atoms with Gasteiger partial charge in [-0.3, -0.25) is 4.90 Å². The molecule has 0 saturated carbocycles. The van der Waals surface area contributed by atoms with Gasteiger partial charge in [-0.2, -0.15) is 26.3 Å². The van der Waals surface area contributed by atoms with E-state index in [9.17, 15) is 26.3 Å². The number of aliphatic carboxylic acids is 2. The van der Waals surface area contributed by atoms with Crippen molar-refractivity contribution in [3.63, 3.8) is 0 Å². The van der Waals surface area contributed by atoms with Crippen LogP contribution in [0.15, 0.2) is 31.0 Å². The summed E-state index contributed by atoms with van der Waals surface area (Å²) in [5.41, 5.74) is 1.32. The quantitative estimate of drug-likeness (QED) is 0.545. The standard InChI is InChI=1S/C13H19N3.2C2HF3O2/c1-3-8-16-10-9-15(4-2)11-12-6-5-7-14-13(12)16;2*3-2(4,5)1(6)7/h3,5-7H,1,4,8-11H2,2H3;2*(H,6,7). The first-order chi connectivity index (χ1) is 13.7. The summed E-state index contributed by atoms with van der Waals surface area (Å²) in [6, 6.07) is 4.19. The van der Waals surface area contributed by atoms with Crippen LogP contribution in [-0.2, 0) is 16.1 Å². The van der Waals surface area contributed by atoms with Crippen LogP contribution in [0.2, 0.25) is 0 Å². The molecule has 170 valence electrons. The summed E-state index contributed by atoms with van der Waals surface area (Å²) in [7, 11) is 0. The summed E-state index contributed by atoms with van der Waals surface area (Å²) in [5, 5.41) is 14.2. The number of aromatic nitrogens is 1. The molecule has 0 atom stereocenters. The highest BCUT2D eigenvalue weighted by molar-refractivity contribution is 5.73. The van der Waals surface area contributed by atoms with Gasteiger partial charge in [0, 0.05) is 37.9 Å². The van der Waals surface area contributed by atoms with E-state index < -0.39 is 24.3 Å². The maximum absolute atomic E-state index is 10.6. The van der Waals surface area contributed by atoms with Gasteiger partial charge in [-0.25, -0.2) is 14.6 Å². The van der Waals surface area contributed by atoms with E-state index in [-0.39, 0.29) is 0 Å². The molecule has 2 N–H and O–H groups in total. The average Bonchev–Trinajstić information content (AvgIpc) is 2.81. The molecule has 0 saturated heterocycles. The molecule has 0 spiro atoms. The van der Waals surface area contributed by atoms with Gasteiger partial charge in [0.2, 0.25) is 0 Å². The SMILES string of the molecule is C=CCN1CCN(CC)Cc2cccnc21.O=C(O)C(F)(F)F.O=C(O)C(F)(F)F. The summed E-state index contributed by atoms with van der Waals surface area (Å²) in [5.74, 6) is -4.39. The van der Waals surface area contributed by atoms with Crippen LogP contribution in [0.3, 0.4) is 0 Å². The van der Waals surface area contributed by atoms with E-state index in [1.165, 1.54) is 5.56 Å². The number of carboxylic acids is 2. The summed E-state index contributed by atoms with van der Waals surface area (Å²) < 4.78 is 63.5. The molecule has 0 amide bonds. The Morgan fingerprint density at radius 3 is 2.03 bits per heavy atom. The second kappa shape index (κ2) is 12.0. The second-order valence-electron chi connectivity index (χ2n) is 5.70. The molecule has 1 aliphatic heterocycles. The number of alkyl halides is 6. The Bertz CT molecular complexity index is 685. The summed E-state index contributed by atoms with van der Waals surface area (Å²) in [4.78, 5) is 27.0. The van der Waals surface area contributed by atoms with Gasteiger partial charge in [-0.05, 0) is 12.6 Å². The third-order valence-electron chi connectivity index (χ3n) is 3.53. The molecule has 0 unspecified atom stereocenters. The number of hydrogen-bond donors (Lipinski definition) is 2. The minimum absolute atomic E-state index is 0.877. The van der Waals surface area contributed by atoms with Crippen LogP contribution in [0, 0.1) is 0 Å². The van der Waals surface area contributed by atoms with Gasteiger partial charge in [0.25, 0.3) is 0 Å². The first kappa shape index (κ1) is 27.2. The lowest BCUT2D eigenvalue weighted by Gasteiger charge is -2.21. The number of anilines is 1. The van der Waals surface area contributed by atoms with Crippen LogP contribution in [0.25, 0.3) is 0 Å². The molecule has 1 aromatic rings. The third kappa shape index (κ3) is 10.1. The zero-order valence-electron chi connectivity index (χ0n) is 15.9. The van der Waals surface area contributed by atoms with E-state index in [1.807, 2.05) is 18.3 Å². The van der Waals surface area contributed by atoms with E-state index in [0.717, 1.165) is 38.5 Å². The highest BCUT2D eigenvalue weighted by atomic mass is 19.4. The normalized spacial score (nSPS) is 14.2. The molecule has 0 bridgehead atoms. The second-order valence-corrected chi connectivity index (χ2v) is 5.70. The van der Waals surface area contributed by atoms with Crippen molar-refractivity contribution in [2.24, 2.45) is 0 Å². The maximum Gasteiger partial charge on any atom is 0.490 e. The largest absolute Gasteiger partial charge is 0.490 e. The van der Waals surface area contributed by atoms with E-state index in [0.29, 0.717) is 0 Å². The fourth-order valence-corrected chi connectivity index (χ4v) is 2.13. The van der Waals surface area contributed by atoms with Crippen LogP contribution in [0.1, 0.15) is 12.5 Å². The highest BCUT2D eigenvalue weighted by Gasteiger charge is 2.38. The highest BCUT2D eigenvalue weighted by Crippen LogP contribution is 2.21. The van der Waals surface area contributed by atoms with Gasteiger partial charge >= 0.3 is 24.3 Å². The number of fused-ring (bicyclic) bond motifs is 1. The Labute approximate surface area is 168 Å². The molecule has 30 heavy (non-hydrogen) atoms. The van der Waals surface area contributed by atoms with Crippen LogP contribution in [-0.4, -0.2) is 70.6 Å². The zero-order valence-corrected chi connectivity index (χ0v) is 15.9. The number of carboxylic acid groups (broad SMARTS) is 2. The Hall–Kier alpha value is -2.83. The van der Waals surface area contributed by atoms with Crippen LogP contribution >= 0.6 is 0 Å². The molecular formula is C17H21F6N3O4. The molecule has 7 nitrogen and oxygen atoms in total. The monoisotopic (exact) mass is 445 g/mol. The number of hydrogen-bond acceptors (Lipinski definition) is 5. The fraction of sp³-hybridized carbons (Fsp3) is 0.471. The molecule has 1 aliphatic rings. The van der Waals surface area contributed by atoms with Crippen LogP contribution < -0.4 is 4.90 Å². The molecule has 0 aromatic carbocycles. The van der Waals surface area contributed by atoms with Crippen molar-refractivity contribution in [2.75, 3.05) is 31.1 Å². The van der Waals surface area contributed by atoms with Gasteiger partial charge in [0.1, 0.15) is 5.82 Å². The Balaban J connectivity index is 0.000000503. The number of likely N-dealkylation sites (N-methyl/N-ethyl adjacent to an activating group) is 1. The number of halogens is 6. The minimum atomic E-state index is -5.08. The maximum atomic E-state index is 10.6. The van der Waals surface area contributed by atoms with Crippen molar-refractivity contribution in [3.8, 4) is 0 Å². The first-order valence-corrected chi connectivity index (χ1v) is 8.36. The van der Waals surface area contributed by atoms with Crippen molar-refractivity contribution in [1.82, 2.24) is 9.88 Å². The average molecular weight is 445 g/mol. The predicted molar refractivity (Wildman–Crippen MR) is 95.0 cm³/mol. The van der Waals surface area contributed by atoms with Crippen molar-refractivity contribution in [1.29, 1.82) is 0 Å². The van der Waals surface area contributed by atoms with Crippen LogP contribution in [0.4, 0.5) is 32.2 Å². The molecular weight excluding hydrogens is 424 g/mol. The van der Waals surface area contributed by atoms with Gasteiger partial charge < -0.3 is 15.1 Å². The third-order valence-corrected chi connectivity index (χ3v) is 3.53. The lowest BCUT2D eigenvalue weighted by molar-refractivity contribution is -0.193. The molecule has 0 radical (unpaired) electrons. The van der Waals surface area contributed by atoms with Crippen molar-refractivity contribution in [2.45, 2.75) is 25.8 Å². The number of carbonyl (C=O) groups is 2. The smallest absolute Gasteiger partial charge is 0.475 e. The molecule has 1 aromatic heterocycles. The lowest BCUT2D eigenvalue weighted by Crippen LogP contribution is -2.31. The van der Waals surface area contributed by atoms with Gasteiger partial charge in [0.05, 0.1) is 0 Å². The molecule has 0 aliphatic carbocycles. The predicted octanol–water partition coefficient (Wildman–Crippen LogP) is 3.18.